The molecule has 0 aliphatic heterocycles. The van der Waals surface area contributed by atoms with Crippen LogP contribution < -0.4 is 0 Å². The van der Waals surface area contributed by atoms with Gasteiger partial charge in [-0.1, -0.05) is 24.8 Å². The highest BCUT2D eigenvalue weighted by molar-refractivity contribution is 5.05. The first-order valence-corrected chi connectivity index (χ1v) is 2.56. The molecule has 0 aromatic carbocycles. The minimum absolute atomic E-state index is 1.69. The number of hydrogen-bond donors (Lipinski definition) is 0. The van der Waals surface area contributed by atoms with Gasteiger partial charge in [-0.15, -0.1) is 5.73 Å². The van der Waals surface area contributed by atoms with Gasteiger partial charge in [0, 0.05) is 0 Å². The second-order valence-corrected chi connectivity index (χ2v) is 1.26. The molecule has 42 valence electrons. The van der Waals surface area contributed by atoms with Gasteiger partial charge in [0.15, 0.2) is 0 Å². The third kappa shape index (κ3) is 5.00. The Bertz CT molecular complexity index is 132. The first-order chi connectivity index (χ1) is 3.91. The lowest BCUT2D eigenvalue weighted by molar-refractivity contribution is 1.74. The summed E-state index contributed by atoms with van der Waals surface area (Å²) in [7, 11) is 0. The smallest absolute Gasteiger partial charge is 0.0203 e. The zero-order chi connectivity index (χ0) is 6.24. The van der Waals surface area contributed by atoms with Crippen molar-refractivity contribution in [1.29, 1.82) is 0 Å². The Morgan fingerprint density at radius 2 is 2.12 bits per heavy atom. The highest BCUT2D eigenvalue weighted by atomic mass is 13.6. The minimum Gasteiger partial charge on any atom is -0.121 e. The number of rotatable bonds is 2. The van der Waals surface area contributed by atoms with Crippen molar-refractivity contribution in [3.8, 4) is 0 Å². The minimum atomic E-state index is 1.69. The van der Waals surface area contributed by atoms with Gasteiger partial charge in [-0.25, -0.2) is 0 Å². The molecule has 8 heavy (non-hydrogen) atoms. The zero-order valence-corrected chi connectivity index (χ0v) is 5.09. The van der Waals surface area contributed by atoms with Gasteiger partial charge < -0.3 is 0 Å². The average molecular weight is 106 g/mol. The maximum atomic E-state index is 3.50. The molecule has 0 N–H and O–H groups in total. The quantitative estimate of drug-likeness (QED) is 0.374. The average Bonchev–Trinajstić information content (AvgIpc) is 1.81. The van der Waals surface area contributed by atoms with E-state index in [9.17, 15) is 0 Å². The molecule has 0 amide bonds. The third-order valence-electron chi connectivity index (χ3n) is 0.599. The first-order valence-electron chi connectivity index (χ1n) is 2.56. The maximum Gasteiger partial charge on any atom is -0.0203 e. The summed E-state index contributed by atoms with van der Waals surface area (Å²) in [5.74, 6) is 0. The van der Waals surface area contributed by atoms with Gasteiger partial charge in [0.25, 0.3) is 0 Å². The summed E-state index contributed by atoms with van der Waals surface area (Å²) in [6.07, 6.45) is 9.16. The molecule has 0 rings (SSSR count). The van der Waals surface area contributed by atoms with Crippen molar-refractivity contribution in [2.75, 3.05) is 0 Å². The van der Waals surface area contributed by atoms with E-state index in [0.29, 0.717) is 0 Å². The normalized spacial score (nSPS) is 8.12. The summed E-state index contributed by atoms with van der Waals surface area (Å²) in [6, 6.07) is 0. The Morgan fingerprint density at radius 1 is 1.38 bits per heavy atom. The van der Waals surface area contributed by atoms with E-state index in [1.54, 1.807) is 12.2 Å². The molecule has 0 heteroatoms. The van der Waals surface area contributed by atoms with E-state index in [1.807, 2.05) is 25.2 Å². The molecule has 0 nitrogen and oxygen atoms in total. The van der Waals surface area contributed by atoms with Crippen LogP contribution >= 0.6 is 0 Å². The first kappa shape index (κ1) is 7.00. The van der Waals surface area contributed by atoms with Gasteiger partial charge in [-0.3, -0.25) is 0 Å². The van der Waals surface area contributed by atoms with Crippen molar-refractivity contribution in [2.24, 2.45) is 0 Å². The Balaban J connectivity index is 3.63. The van der Waals surface area contributed by atoms with Crippen LogP contribution in [0.25, 0.3) is 0 Å². The largest absolute Gasteiger partial charge is 0.121 e. The van der Waals surface area contributed by atoms with E-state index < -0.39 is 0 Å². The molecule has 0 aromatic rings. The summed E-state index contributed by atoms with van der Waals surface area (Å²) in [5.41, 5.74) is 2.88. The van der Waals surface area contributed by atoms with Crippen molar-refractivity contribution in [3.63, 3.8) is 0 Å². The lowest BCUT2D eigenvalue weighted by Gasteiger charge is -1.61. The van der Waals surface area contributed by atoms with Crippen molar-refractivity contribution in [2.45, 2.75) is 6.92 Å². The number of hydrogen-bond acceptors (Lipinski definition) is 0. The Morgan fingerprint density at radius 3 is 2.62 bits per heavy atom. The third-order valence-corrected chi connectivity index (χ3v) is 0.599. The molecule has 0 aliphatic carbocycles. The molecule has 0 unspecified atom stereocenters. The Labute approximate surface area is 50.5 Å². The predicted molar refractivity (Wildman–Crippen MR) is 37.7 cm³/mol. The molecule has 0 saturated carbocycles. The van der Waals surface area contributed by atoms with Crippen molar-refractivity contribution in [3.05, 3.63) is 42.7 Å². The lowest BCUT2D eigenvalue weighted by atomic mass is 10.5. The molecule has 0 saturated heterocycles. The van der Waals surface area contributed by atoms with Crippen molar-refractivity contribution in [1.82, 2.24) is 0 Å². The van der Waals surface area contributed by atoms with Crippen LogP contribution in [0, 0.1) is 0 Å². The summed E-state index contributed by atoms with van der Waals surface area (Å²) in [6.45, 7) is 5.46. The maximum absolute atomic E-state index is 3.50. The van der Waals surface area contributed by atoms with Crippen LogP contribution in [0.5, 0.6) is 0 Å². The van der Waals surface area contributed by atoms with Crippen LogP contribution in [0.3, 0.4) is 0 Å². The van der Waals surface area contributed by atoms with Gasteiger partial charge >= 0.3 is 0 Å². The van der Waals surface area contributed by atoms with Crippen molar-refractivity contribution >= 4 is 0 Å². The van der Waals surface area contributed by atoms with Crippen LogP contribution in [0.1, 0.15) is 6.92 Å². The monoisotopic (exact) mass is 106 g/mol. The second-order valence-electron chi connectivity index (χ2n) is 1.26. The molecule has 0 fully saturated rings. The van der Waals surface area contributed by atoms with E-state index in [1.165, 1.54) is 0 Å². The van der Waals surface area contributed by atoms with E-state index >= 15 is 0 Å². The van der Waals surface area contributed by atoms with Crippen LogP contribution in [0.15, 0.2) is 42.7 Å². The van der Waals surface area contributed by atoms with E-state index in [-0.39, 0.29) is 0 Å². The summed E-state index contributed by atoms with van der Waals surface area (Å²) in [5, 5.41) is 0. The molecule has 0 bridgehead atoms. The molecule has 0 heterocycles. The van der Waals surface area contributed by atoms with E-state index in [2.05, 4.69) is 12.3 Å². The van der Waals surface area contributed by atoms with Gasteiger partial charge in [0.2, 0.25) is 0 Å². The summed E-state index contributed by atoms with van der Waals surface area (Å²) < 4.78 is 0. The van der Waals surface area contributed by atoms with Gasteiger partial charge in [-0.05, 0) is 19.1 Å². The summed E-state index contributed by atoms with van der Waals surface area (Å²) >= 11 is 0. The number of allylic oxidation sites excluding steroid dienone is 4. The molecule has 0 spiro atoms. The van der Waals surface area contributed by atoms with Crippen LogP contribution in [0.4, 0.5) is 0 Å². The lowest BCUT2D eigenvalue weighted by Crippen LogP contribution is -1.40. The van der Waals surface area contributed by atoms with E-state index in [4.69, 9.17) is 0 Å². The topological polar surface area (TPSA) is 0 Å². The molecule has 0 atom stereocenters. The zero-order valence-electron chi connectivity index (χ0n) is 5.09. The Kier molecular flexibility index (Phi) is 5.25. The fourth-order valence-electron chi connectivity index (χ4n) is 0.275. The SMILES string of the molecule is C=CC=C=CC=CC. The van der Waals surface area contributed by atoms with Crippen LogP contribution in [-0.4, -0.2) is 0 Å². The summed E-state index contributed by atoms with van der Waals surface area (Å²) in [4.78, 5) is 0. The second kappa shape index (κ2) is 6.00. The van der Waals surface area contributed by atoms with Crippen LogP contribution in [0.2, 0.25) is 0 Å². The molecule has 0 radical (unpaired) electrons. The fraction of sp³-hybridized carbons (Fsp3) is 0.125. The van der Waals surface area contributed by atoms with E-state index in [0.717, 1.165) is 0 Å². The van der Waals surface area contributed by atoms with Gasteiger partial charge in [-0.2, -0.15) is 0 Å². The highest BCUT2D eigenvalue weighted by Gasteiger charge is 1.50. The highest BCUT2D eigenvalue weighted by Crippen LogP contribution is 1.71. The van der Waals surface area contributed by atoms with Crippen LogP contribution in [-0.2, 0) is 0 Å². The fourth-order valence-corrected chi connectivity index (χ4v) is 0.275. The standard InChI is InChI=1S/C8H10/c1-3-5-7-8-6-4-2/h3-6,8H,1H2,2H3. The Hall–Kier alpha value is -1.00. The molecular weight excluding hydrogens is 96.1 g/mol. The van der Waals surface area contributed by atoms with Crippen molar-refractivity contribution < 1.29 is 0 Å². The van der Waals surface area contributed by atoms with Gasteiger partial charge in [0.05, 0.1) is 0 Å². The molecule has 0 aromatic heterocycles. The molecular formula is C8H10. The predicted octanol–water partition coefficient (Wildman–Crippen LogP) is 2.46. The van der Waals surface area contributed by atoms with Gasteiger partial charge in [0.1, 0.15) is 0 Å². The molecule has 0 aliphatic rings.